The molecule has 2 saturated heterocycles. The number of benzene rings is 1. The van der Waals surface area contributed by atoms with Gasteiger partial charge in [-0.2, -0.15) is 18.3 Å². The van der Waals surface area contributed by atoms with Crippen molar-refractivity contribution in [1.82, 2.24) is 34.4 Å². The summed E-state index contributed by atoms with van der Waals surface area (Å²) in [7, 11) is 1.58. The molecule has 9 nitrogen and oxygen atoms in total. The number of urea groups is 1. The Balaban J connectivity index is 1.42. The van der Waals surface area contributed by atoms with Gasteiger partial charge in [-0.05, 0) is 43.4 Å². The van der Waals surface area contributed by atoms with E-state index in [0.717, 1.165) is 25.3 Å². The Morgan fingerprint density at radius 2 is 1.97 bits per heavy atom. The van der Waals surface area contributed by atoms with E-state index in [2.05, 4.69) is 32.5 Å². The number of carbonyl (C=O) groups is 1. The van der Waals surface area contributed by atoms with E-state index in [4.69, 9.17) is 0 Å². The van der Waals surface area contributed by atoms with Crippen LogP contribution in [0.3, 0.4) is 0 Å². The van der Waals surface area contributed by atoms with Crippen LogP contribution in [0.5, 0.6) is 0 Å². The van der Waals surface area contributed by atoms with Crippen molar-refractivity contribution in [2.75, 3.05) is 5.32 Å². The number of hydrogen-bond donors (Lipinski definition) is 1. The van der Waals surface area contributed by atoms with Gasteiger partial charge in [-0.1, -0.05) is 6.92 Å². The summed E-state index contributed by atoms with van der Waals surface area (Å²) in [5.41, 5.74) is -1.15. The summed E-state index contributed by atoms with van der Waals surface area (Å²) in [5, 5.41) is 14.5. The molecule has 2 aliphatic heterocycles. The van der Waals surface area contributed by atoms with Crippen LogP contribution in [0.15, 0.2) is 37.2 Å². The summed E-state index contributed by atoms with van der Waals surface area (Å²) in [6.07, 6.45) is 2.61. The highest BCUT2D eigenvalue weighted by Gasteiger charge is 2.58. The molecule has 3 fully saturated rings. The van der Waals surface area contributed by atoms with Gasteiger partial charge in [-0.3, -0.25) is 4.68 Å². The minimum atomic E-state index is -4.58. The summed E-state index contributed by atoms with van der Waals surface area (Å²) in [4.78, 5) is 19.1. The van der Waals surface area contributed by atoms with Gasteiger partial charge in [0.1, 0.15) is 19.0 Å². The molecule has 2 amide bonds. The normalized spacial score (nSPS) is 24.5. The molecule has 3 aromatic rings. The Kier molecular flexibility index (Phi) is 4.91. The third-order valence-electron chi connectivity index (χ3n) is 6.47. The van der Waals surface area contributed by atoms with Gasteiger partial charge in [0, 0.05) is 30.9 Å². The number of alkyl halides is 3. The number of carbonyl (C=O) groups excluding carboxylic acids is 1. The van der Waals surface area contributed by atoms with Crippen LogP contribution >= 0.6 is 0 Å². The van der Waals surface area contributed by atoms with Gasteiger partial charge in [0.25, 0.3) is 0 Å². The molecule has 174 valence electrons. The number of piperidine rings is 1. The first-order valence-corrected chi connectivity index (χ1v) is 10.6. The summed E-state index contributed by atoms with van der Waals surface area (Å²) in [6.45, 7) is 2.74. The van der Waals surface area contributed by atoms with E-state index >= 15 is 0 Å². The van der Waals surface area contributed by atoms with Gasteiger partial charge in [0.2, 0.25) is 0 Å². The largest absolute Gasteiger partial charge is 0.417 e. The maximum Gasteiger partial charge on any atom is 0.417 e. The molecule has 6 rings (SSSR count). The summed E-state index contributed by atoms with van der Waals surface area (Å²) >= 11 is 0. The Morgan fingerprint density at radius 1 is 1.21 bits per heavy atom. The number of nitrogens with zero attached hydrogens (tertiary/aromatic N) is 7. The highest BCUT2D eigenvalue weighted by Crippen LogP contribution is 2.51. The topological polar surface area (TPSA) is 93.8 Å². The highest BCUT2D eigenvalue weighted by molar-refractivity contribution is 5.92. The lowest BCUT2D eigenvalue weighted by atomic mass is 9.64. The van der Waals surface area contributed by atoms with E-state index in [0.29, 0.717) is 12.5 Å². The molecule has 3 unspecified atom stereocenters. The number of aryl methyl sites for hydroxylation is 1. The van der Waals surface area contributed by atoms with Crippen LogP contribution < -0.4 is 5.32 Å². The molecule has 3 aliphatic rings. The molecular formula is C21H23F3N8O. The molecule has 33 heavy (non-hydrogen) atoms. The summed E-state index contributed by atoms with van der Waals surface area (Å²) in [6, 6.07) is 3.26. The van der Waals surface area contributed by atoms with Crippen molar-refractivity contribution < 1.29 is 18.0 Å². The van der Waals surface area contributed by atoms with Crippen LogP contribution in [0.1, 0.15) is 31.7 Å². The fraction of sp³-hybridized carbons (Fsp3) is 0.476. The Labute approximate surface area is 187 Å². The molecule has 4 heterocycles. The second-order valence-corrected chi connectivity index (χ2v) is 9.06. The third-order valence-corrected chi connectivity index (χ3v) is 6.47. The number of nitrogens with one attached hydrogen (secondary N) is 1. The van der Waals surface area contributed by atoms with Crippen molar-refractivity contribution in [3.8, 4) is 11.4 Å². The molecule has 1 N–H and O–H groups in total. The van der Waals surface area contributed by atoms with Crippen molar-refractivity contribution in [3.63, 3.8) is 0 Å². The minimum Gasteiger partial charge on any atom is -0.318 e. The summed E-state index contributed by atoms with van der Waals surface area (Å²) in [5.74, 6) is 0.414. The highest BCUT2D eigenvalue weighted by atomic mass is 19.4. The van der Waals surface area contributed by atoms with E-state index in [1.165, 1.54) is 23.1 Å². The zero-order chi connectivity index (χ0) is 23.4. The monoisotopic (exact) mass is 460 g/mol. The van der Waals surface area contributed by atoms with Crippen molar-refractivity contribution in [3.05, 3.63) is 42.7 Å². The van der Waals surface area contributed by atoms with Gasteiger partial charge in [-0.15, -0.1) is 10.2 Å². The maximum atomic E-state index is 13.6. The van der Waals surface area contributed by atoms with Crippen molar-refractivity contribution in [2.24, 2.45) is 13.0 Å². The summed E-state index contributed by atoms with van der Waals surface area (Å²) < 4.78 is 43.9. The predicted molar refractivity (Wildman–Crippen MR) is 112 cm³/mol. The van der Waals surface area contributed by atoms with Gasteiger partial charge >= 0.3 is 12.2 Å². The molecular weight excluding hydrogens is 437 g/mol. The average molecular weight is 460 g/mol. The van der Waals surface area contributed by atoms with Crippen molar-refractivity contribution >= 4 is 11.7 Å². The van der Waals surface area contributed by atoms with Crippen LogP contribution in [0.2, 0.25) is 0 Å². The number of hydrogen-bond acceptors (Lipinski definition) is 5. The quantitative estimate of drug-likeness (QED) is 0.643. The Bertz CT molecular complexity index is 1170. The van der Waals surface area contributed by atoms with Gasteiger partial charge in [0.05, 0.1) is 11.1 Å². The number of anilines is 1. The molecule has 0 radical (unpaired) electrons. The lowest BCUT2D eigenvalue weighted by Crippen LogP contribution is -2.73. The SMILES string of the molecule is CC1CC2CC(Cn3cnnc3)(C1)N2C(=O)Nc1ccc(C(F)(F)F)c(-c2ncn(C)n2)c1. The zero-order valence-corrected chi connectivity index (χ0v) is 18.1. The predicted octanol–water partition coefficient (Wildman–Crippen LogP) is 3.57. The van der Waals surface area contributed by atoms with Crippen LogP contribution in [-0.4, -0.2) is 52.0 Å². The molecule has 2 bridgehead atoms. The lowest BCUT2D eigenvalue weighted by Gasteiger charge is -2.63. The van der Waals surface area contributed by atoms with Crippen LogP contribution in [0.4, 0.5) is 23.7 Å². The molecule has 0 spiro atoms. The van der Waals surface area contributed by atoms with Crippen LogP contribution in [0.25, 0.3) is 11.4 Å². The lowest BCUT2D eigenvalue weighted by molar-refractivity contribution is -0.137. The number of halogens is 3. The second-order valence-electron chi connectivity index (χ2n) is 9.06. The van der Waals surface area contributed by atoms with Gasteiger partial charge in [-0.25, -0.2) is 9.78 Å². The van der Waals surface area contributed by atoms with E-state index in [1.807, 2.05) is 9.47 Å². The van der Waals surface area contributed by atoms with Gasteiger partial charge < -0.3 is 14.8 Å². The number of rotatable bonds is 4. The maximum absolute atomic E-state index is 13.6. The van der Waals surface area contributed by atoms with Crippen molar-refractivity contribution in [2.45, 2.75) is 50.5 Å². The van der Waals surface area contributed by atoms with E-state index in [-0.39, 0.29) is 34.7 Å². The Morgan fingerprint density at radius 3 is 2.64 bits per heavy atom. The molecule has 12 heteroatoms. The van der Waals surface area contributed by atoms with Crippen LogP contribution in [0, 0.1) is 5.92 Å². The molecule has 3 atom stereocenters. The fourth-order valence-electron chi connectivity index (χ4n) is 5.40. The number of fused-ring (bicyclic) bond motifs is 2. The zero-order valence-electron chi connectivity index (χ0n) is 18.1. The molecule has 2 aromatic heterocycles. The average Bonchev–Trinajstić information content (AvgIpc) is 3.38. The van der Waals surface area contributed by atoms with E-state index in [1.54, 1.807) is 19.7 Å². The molecule has 1 aliphatic carbocycles. The smallest absolute Gasteiger partial charge is 0.318 e. The van der Waals surface area contributed by atoms with Crippen molar-refractivity contribution in [1.29, 1.82) is 0 Å². The van der Waals surface area contributed by atoms with Crippen LogP contribution in [-0.2, 0) is 19.8 Å². The van der Waals surface area contributed by atoms with Gasteiger partial charge in [0.15, 0.2) is 5.82 Å². The first-order valence-electron chi connectivity index (χ1n) is 10.6. The third kappa shape index (κ3) is 3.83. The first kappa shape index (κ1) is 21.4. The number of aromatic nitrogens is 6. The van der Waals surface area contributed by atoms with E-state index < -0.39 is 11.7 Å². The van der Waals surface area contributed by atoms with E-state index in [9.17, 15) is 18.0 Å². The Hall–Kier alpha value is -3.44. The minimum absolute atomic E-state index is 0.0559. The first-order chi connectivity index (χ1) is 15.6. The standard InChI is InChI=1S/C21H23F3N8O/c1-13-5-15-8-20(7-13,9-31-11-26-27-12-31)32(15)19(33)28-14-3-4-17(21(22,23)24)16(6-14)18-25-10-30(2)29-18/h3-4,6,10-13,15H,5,7-9H2,1-2H3,(H,28,33). The fourth-order valence-corrected chi connectivity index (χ4v) is 5.40. The molecule has 1 aromatic carbocycles. The number of amides is 2. The molecule has 1 saturated carbocycles. The second kappa shape index (κ2) is 7.56.